The number of nitrogens with one attached hydrogen (secondary N) is 3. The van der Waals surface area contributed by atoms with E-state index in [-0.39, 0.29) is 11.8 Å². The van der Waals surface area contributed by atoms with Gasteiger partial charge in [0.2, 0.25) is 5.95 Å². The van der Waals surface area contributed by atoms with Crippen molar-refractivity contribution in [3.8, 4) is 5.75 Å². The Kier molecular flexibility index (Phi) is 11.5. The molecule has 14 nitrogen and oxygen atoms in total. The Morgan fingerprint density at radius 1 is 1.08 bits per heavy atom. The fourth-order valence-corrected chi connectivity index (χ4v) is 5.58. The van der Waals surface area contributed by atoms with E-state index >= 15 is 0 Å². The summed E-state index contributed by atoms with van der Waals surface area (Å²) in [6.07, 6.45) is 6.99. The number of allylic oxidation sites excluding steroid dienone is 1. The van der Waals surface area contributed by atoms with Gasteiger partial charge in [-0.3, -0.25) is 29.3 Å². The zero-order valence-corrected chi connectivity index (χ0v) is 27.9. The summed E-state index contributed by atoms with van der Waals surface area (Å²) in [6, 6.07) is 6.93. The molecule has 0 atom stereocenters. The number of aromatic nitrogens is 5. The molecule has 0 aliphatic carbocycles. The van der Waals surface area contributed by atoms with Gasteiger partial charge >= 0.3 is 0 Å². The molecule has 48 heavy (non-hydrogen) atoms. The van der Waals surface area contributed by atoms with Crippen LogP contribution in [0.1, 0.15) is 55.8 Å². The van der Waals surface area contributed by atoms with Gasteiger partial charge < -0.3 is 24.7 Å². The molecule has 3 aromatic heterocycles. The van der Waals surface area contributed by atoms with Gasteiger partial charge in [-0.25, -0.2) is 9.97 Å². The van der Waals surface area contributed by atoms with Crippen molar-refractivity contribution < 1.29 is 23.9 Å². The zero-order chi connectivity index (χ0) is 34.0. The van der Waals surface area contributed by atoms with Crippen LogP contribution in [-0.4, -0.2) is 100 Å². The molecule has 1 aromatic carbocycles. The second-order valence-corrected chi connectivity index (χ2v) is 11.5. The van der Waals surface area contributed by atoms with E-state index in [1.165, 1.54) is 6.20 Å². The average molecular weight is 658 g/mol. The minimum absolute atomic E-state index is 0.270. The first kappa shape index (κ1) is 34.3. The molecule has 4 aromatic rings. The lowest BCUT2D eigenvalue weighted by molar-refractivity contribution is 0.0358. The third-order valence-electron chi connectivity index (χ3n) is 8.01. The normalized spacial score (nSPS) is 13.6. The molecule has 1 aliphatic heterocycles. The van der Waals surface area contributed by atoms with Crippen LogP contribution in [-0.2, 0) is 17.8 Å². The summed E-state index contributed by atoms with van der Waals surface area (Å²) in [6.45, 7) is 11.6. The summed E-state index contributed by atoms with van der Waals surface area (Å²) in [5.41, 5.74) is 4.11. The topological polar surface area (TPSA) is 158 Å². The lowest BCUT2D eigenvalue weighted by Crippen LogP contribution is -2.37. The van der Waals surface area contributed by atoms with Gasteiger partial charge in [-0.05, 0) is 57.0 Å². The molecule has 0 spiro atoms. The Hall–Kier alpha value is -5.08. The standard InChI is InChI=1S/C34H43N9O5/c1-5-43-28(18-24(3)40-43)33(46)39-34-38-27-19-26(32(45)35-4)20-29(48-14-8-10-41-12-15-47-16-13-41)30(27)42(34)11-7-6-9-36-31-23(2)17-25(22-44)21-37-31/h6-7,17-22H,5,8-16H2,1-4H3,(H,35,45)(H,36,37)(H,38,39,46)/b7-6+. The quantitative estimate of drug-likeness (QED) is 0.0983. The van der Waals surface area contributed by atoms with Crippen LogP contribution in [0.2, 0.25) is 0 Å². The van der Waals surface area contributed by atoms with Crippen molar-refractivity contribution in [2.45, 2.75) is 40.3 Å². The van der Waals surface area contributed by atoms with Crippen molar-refractivity contribution in [3.63, 3.8) is 0 Å². The molecule has 0 saturated carbocycles. The number of carbonyl (C=O) groups excluding carboxylic acids is 3. The van der Waals surface area contributed by atoms with E-state index < -0.39 is 0 Å². The SMILES string of the molecule is CCn1nc(C)cc1C(=O)Nc1nc2cc(C(=O)NC)cc(OCCCN3CCOCC3)c2n1C/C=C/CNc1ncc(C=O)cc1C. The van der Waals surface area contributed by atoms with Gasteiger partial charge in [-0.2, -0.15) is 5.10 Å². The molecule has 3 N–H and O–H groups in total. The molecule has 0 unspecified atom stereocenters. The molecule has 1 saturated heterocycles. The van der Waals surface area contributed by atoms with Crippen molar-refractivity contribution >= 4 is 40.9 Å². The van der Waals surface area contributed by atoms with Gasteiger partial charge in [-0.15, -0.1) is 0 Å². The third-order valence-corrected chi connectivity index (χ3v) is 8.01. The number of morpholine rings is 1. The summed E-state index contributed by atoms with van der Waals surface area (Å²) < 4.78 is 15.3. The summed E-state index contributed by atoms with van der Waals surface area (Å²) >= 11 is 0. The smallest absolute Gasteiger partial charge is 0.276 e. The van der Waals surface area contributed by atoms with Gasteiger partial charge in [0.1, 0.15) is 22.8 Å². The molecule has 1 fully saturated rings. The Balaban J connectivity index is 1.43. The molecule has 2 amide bonds. The Morgan fingerprint density at radius 3 is 2.62 bits per heavy atom. The van der Waals surface area contributed by atoms with Crippen molar-refractivity contribution in [3.05, 3.63) is 70.7 Å². The number of hydrogen-bond acceptors (Lipinski definition) is 10. The molecule has 5 rings (SSSR count). The highest BCUT2D eigenvalue weighted by molar-refractivity contribution is 6.04. The first-order valence-electron chi connectivity index (χ1n) is 16.2. The van der Waals surface area contributed by atoms with E-state index in [0.29, 0.717) is 71.6 Å². The Bertz CT molecular complexity index is 1790. The zero-order valence-electron chi connectivity index (χ0n) is 27.9. The van der Waals surface area contributed by atoms with Crippen LogP contribution in [0.3, 0.4) is 0 Å². The van der Waals surface area contributed by atoms with E-state index in [1.807, 2.05) is 37.5 Å². The largest absolute Gasteiger partial charge is 0.491 e. The number of rotatable bonds is 15. The van der Waals surface area contributed by atoms with E-state index in [4.69, 9.17) is 14.5 Å². The summed E-state index contributed by atoms with van der Waals surface area (Å²) in [5.74, 6) is 0.872. The lowest BCUT2D eigenvalue weighted by atomic mass is 10.1. The first-order valence-corrected chi connectivity index (χ1v) is 16.2. The second-order valence-electron chi connectivity index (χ2n) is 11.5. The van der Waals surface area contributed by atoms with Gasteiger partial charge in [0.15, 0.2) is 6.29 Å². The highest BCUT2D eigenvalue weighted by Gasteiger charge is 2.22. The highest BCUT2D eigenvalue weighted by Crippen LogP contribution is 2.31. The van der Waals surface area contributed by atoms with E-state index in [0.717, 1.165) is 56.8 Å². The number of nitrogens with zero attached hydrogens (tertiary/aromatic N) is 6. The van der Waals surface area contributed by atoms with Crippen molar-refractivity contribution in [1.82, 2.24) is 34.5 Å². The minimum atomic E-state index is -0.348. The number of imidazole rings is 1. The molecule has 254 valence electrons. The number of amides is 2. The predicted octanol–water partition coefficient (Wildman–Crippen LogP) is 3.46. The molecule has 14 heteroatoms. The summed E-state index contributed by atoms with van der Waals surface area (Å²) in [7, 11) is 1.57. The molecular weight excluding hydrogens is 614 g/mol. The molecular formula is C34H43N9O5. The van der Waals surface area contributed by atoms with Gasteiger partial charge in [-0.1, -0.05) is 12.2 Å². The van der Waals surface area contributed by atoms with Crippen LogP contribution in [0.25, 0.3) is 11.0 Å². The average Bonchev–Trinajstić information content (AvgIpc) is 3.66. The number of carbonyl (C=O) groups is 3. The van der Waals surface area contributed by atoms with Crippen LogP contribution in [0, 0.1) is 13.8 Å². The highest BCUT2D eigenvalue weighted by atomic mass is 16.5. The maximum Gasteiger partial charge on any atom is 0.276 e. The summed E-state index contributed by atoms with van der Waals surface area (Å²) in [5, 5.41) is 13.3. The molecule has 0 bridgehead atoms. The van der Waals surface area contributed by atoms with Crippen LogP contribution in [0.15, 0.2) is 42.6 Å². The van der Waals surface area contributed by atoms with Gasteiger partial charge in [0, 0.05) is 63.6 Å². The number of anilines is 2. The van der Waals surface area contributed by atoms with E-state index in [1.54, 1.807) is 36.0 Å². The van der Waals surface area contributed by atoms with Crippen molar-refractivity contribution in [1.29, 1.82) is 0 Å². The predicted molar refractivity (Wildman–Crippen MR) is 183 cm³/mol. The number of ether oxygens (including phenoxy) is 2. The maximum atomic E-state index is 13.5. The number of aldehydes is 1. The summed E-state index contributed by atoms with van der Waals surface area (Å²) in [4.78, 5) is 48.8. The molecule has 0 radical (unpaired) electrons. The number of benzene rings is 1. The van der Waals surface area contributed by atoms with Crippen molar-refractivity contribution in [2.75, 3.05) is 63.7 Å². The molecule has 1 aliphatic rings. The van der Waals surface area contributed by atoms with Crippen LogP contribution >= 0.6 is 0 Å². The number of hydrogen-bond donors (Lipinski definition) is 3. The van der Waals surface area contributed by atoms with E-state index in [9.17, 15) is 14.4 Å². The van der Waals surface area contributed by atoms with Gasteiger partial charge in [0.25, 0.3) is 11.8 Å². The minimum Gasteiger partial charge on any atom is -0.491 e. The monoisotopic (exact) mass is 657 g/mol. The fourth-order valence-electron chi connectivity index (χ4n) is 5.58. The third kappa shape index (κ3) is 8.25. The second kappa shape index (κ2) is 16.2. The number of pyridine rings is 1. The fraction of sp³-hybridized carbons (Fsp3) is 0.412. The van der Waals surface area contributed by atoms with Crippen molar-refractivity contribution in [2.24, 2.45) is 0 Å². The number of fused-ring (bicyclic) bond motifs is 1. The first-order chi connectivity index (χ1) is 23.3. The van der Waals surface area contributed by atoms with E-state index in [2.05, 4.69) is 30.9 Å². The lowest BCUT2D eigenvalue weighted by Gasteiger charge is -2.26. The van der Waals surface area contributed by atoms with Crippen LogP contribution in [0.4, 0.5) is 11.8 Å². The molecule has 4 heterocycles. The Morgan fingerprint density at radius 2 is 1.90 bits per heavy atom. The van der Waals surface area contributed by atoms with Crippen LogP contribution in [0.5, 0.6) is 5.75 Å². The Labute approximate surface area is 279 Å². The number of aryl methyl sites for hydroxylation is 3. The van der Waals surface area contributed by atoms with Gasteiger partial charge in [0.05, 0.1) is 31.0 Å². The van der Waals surface area contributed by atoms with Crippen LogP contribution < -0.4 is 20.7 Å². The maximum absolute atomic E-state index is 13.5.